The van der Waals surface area contributed by atoms with Gasteiger partial charge in [-0.05, 0) is 29.7 Å². The van der Waals surface area contributed by atoms with Gasteiger partial charge in [0.15, 0.2) is 0 Å². The van der Waals surface area contributed by atoms with Gasteiger partial charge in [0.2, 0.25) is 5.91 Å². The minimum atomic E-state index is -0.329. The van der Waals surface area contributed by atoms with Crippen LogP contribution in [0, 0.1) is 11.7 Å². The second-order valence-corrected chi connectivity index (χ2v) is 6.31. The molecule has 1 N–H and O–H groups in total. The molecule has 25 heavy (non-hydrogen) atoms. The summed E-state index contributed by atoms with van der Waals surface area (Å²) in [6.07, 6.45) is 3.01. The van der Waals surface area contributed by atoms with E-state index in [2.05, 4.69) is 5.32 Å². The van der Waals surface area contributed by atoms with Gasteiger partial charge in [0.1, 0.15) is 12.1 Å². The van der Waals surface area contributed by atoms with Crippen LogP contribution in [0.3, 0.4) is 0 Å². The molecule has 0 saturated carbocycles. The molecule has 0 saturated heterocycles. The molecular formula is C19H23FN2O3. The lowest BCUT2D eigenvalue weighted by molar-refractivity contribution is -0.121. The molecule has 0 aliphatic carbocycles. The minimum absolute atomic E-state index is 0.0993. The molecule has 5 nitrogen and oxygen atoms in total. The number of amides is 2. The van der Waals surface area contributed by atoms with Crippen LogP contribution in [-0.2, 0) is 11.3 Å². The van der Waals surface area contributed by atoms with E-state index < -0.39 is 0 Å². The first-order chi connectivity index (χ1) is 12.0. The summed E-state index contributed by atoms with van der Waals surface area (Å²) in [7, 11) is 0. The summed E-state index contributed by atoms with van der Waals surface area (Å²) < 4.78 is 18.0. The van der Waals surface area contributed by atoms with Gasteiger partial charge in [0.05, 0.1) is 11.8 Å². The zero-order valence-corrected chi connectivity index (χ0v) is 14.5. The number of hydrogen-bond acceptors (Lipinski definition) is 3. The van der Waals surface area contributed by atoms with Crippen molar-refractivity contribution >= 4 is 11.8 Å². The van der Waals surface area contributed by atoms with Crippen molar-refractivity contribution in [3.05, 3.63) is 59.8 Å². The maximum Gasteiger partial charge on any atom is 0.257 e. The Morgan fingerprint density at radius 2 is 1.92 bits per heavy atom. The topological polar surface area (TPSA) is 62.6 Å². The molecule has 0 fully saturated rings. The molecule has 0 aliphatic heterocycles. The van der Waals surface area contributed by atoms with E-state index >= 15 is 0 Å². The van der Waals surface area contributed by atoms with Gasteiger partial charge in [0, 0.05) is 26.1 Å². The second kappa shape index (κ2) is 9.01. The number of halogens is 1. The van der Waals surface area contributed by atoms with E-state index in [0.29, 0.717) is 24.6 Å². The first-order valence-corrected chi connectivity index (χ1v) is 8.28. The summed E-state index contributed by atoms with van der Waals surface area (Å²) in [6, 6.07) is 7.54. The Bertz CT molecular complexity index is 681. The highest BCUT2D eigenvalue weighted by atomic mass is 19.1. The predicted molar refractivity (Wildman–Crippen MR) is 92.3 cm³/mol. The Morgan fingerprint density at radius 3 is 2.52 bits per heavy atom. The fourth-order valence-electron chi connectivity index (χ4n) is 2.27. The van der Waals surface area contributed by atoms with Gasteiger partial charge in [-0.25, -0.2) is 4.39 Å². The highest BCUT2D eigenvalue weighted by molar-refractivity contribution is 5.94. The number of carbonyl (C=O) groups is 2. The molecule has 1 heterocycles. The lowest BCUT2D eigenvalue weighted by atomic mass is 10.1. The van der Waals surface area contributed by atoms with Crippen LogP contribution in [0.4, 0.5) is 4.39 Å². The van der Waals surface area contributed by atoms with Crippen LogP contribution in [0.25, 0.3) is 0 Å². The molecule has 2 amide bonds. The summed E-state index contributed by atoms with van der Waals surface area (Å²) >= 11 is 0. The number of furan rings is 1. The summed E-state index contributed by atoms with van der Waals surface area (Å²) in [6.45, 7) is 5.20. The molecule has 2 rings (SSSR count). The number of hydrogen-bond donors (Lipinski definition) is 1. The van der Waals surface area contributed by atoms with Crippen LogP contribution < -0.4 is 5.32 Å². The van der Waals surface area contributed by atoms with Crippen molar-refractivity contribution in [2.24, 2.45) is 5.92 Å². The monoisotopic (exact) mass is 346 g/mol. The molecule has 1 aromatic carbocycles. The van der Waals surface area contributed by atoms with Gasteiger partial charge in [-0.3, -0.25) is 9.59 Å². The molecule has 2 aromatic rings. The van der Waals surface area contributed by atoms with Crippen LogP contribution in [0.2, 0.25) is 0 Å². The maximum absolute atomic E-state index is 13.1. The first-order valence-electron chi connectivity index (χ1n) is 8.28. The van der Waals surface area contributed by atoms with E-state index in [4.69, 9.17) is 4.42 Å². The van der Waals surface area contributed by atoms with Crippen LogP contribution in [0.15, 0.2) is 47.3 Å². The number of carbonyl (C=O) groups excluding carboxylic acids is 2. The minimum Gasteiger partial charge on any atom is -0.472 e. The first kappa shape index (κ1) is 18.7. The summed E-state index contributed by atoms with van der Waals surface area (Å²) in [5.74, 6) is -0.288. The summed E-state index contributed by atoms with van der Waals surface area (Å²) in [4.78, 5) is 26.1. The SMILES string of the molecule is CC(C)CNC(=O)CCN(Cc1ccc(F)cc1)C(=O)c1ccoc1. The van der Waals surface area contributed by atoms with Crippen molar-refractivity contribution in [3.8, 4) is 0 Å². The molecular weight excluding hydrogens is 323 g/mol. The van der Waals surface area contributed by atoms with Crippen molar-refractivity contribution in [2.45, 2.75) is 26.8 Å². The third-order valence-electron chi connectivity index (χ3n) is 3.66. The van der Waals surface area contributed by atoms with Crippen molar-refractivity contribution in [1.29, 1.82) is 0 Å². The number of nitrogens with one attached hydrogen (secondary N) is 1. The number of benzene rings is 1. The van der Waals surface area contributed by atoms with Crippen LogP contribution >= 0.6 is 0 Å². The average molecular weight is 346 g/mol. The molecule has 0 atom stereocenters. The van der Waals surface area contributed by atoms with Gasteiger partial charge >= 0.3 is 0 Å². The molecule has 0 aliphatic rings. The van der Waals surface area contributed by atoms with Gasteiger partial charge in [-0.15, -0.1) is 0 Å². The van der Waals surface area contributed by atoms with Crippen LogP contribution in [0.5, 0.6) is 0 Å². The fourth-order valence-corrected chi connectivity index (χ4v) is 2.27. The van der Waals surface area contributed by atoms with Crippen LogP contribution in [0.1, 0.15) is 36.2 Å². The lowest BCUT2D eigenvalue weighted by Gasteiger charge is -2.22. The summed E-state index contributed by atoms with van der Waals surface area (Å²) in [5, 5.41) is 2.84. The van der Waals surface area contributed by atoms with Gasteiger partial charge in [0.25, 0.3) is 5.91 Å². The Kier molecular flexibility index (Phi) is 6.74. The van der Waals surface area contributed by atoms with Crippen molar-refractivity contribution in [3.63, 3.8) is 0 Å². The molecule has 0 bridgehead atoms. The zero-order chi connectivity index (χ0) is 18.2. The zero-order valence-electron chi connectivity index (χ0n) is 14.5. The molecule has 134 valence electrons. The van der Waals surface area contributed by atoms with Gasteiger partial charge < -0.3 is 14.6 Å². The molecule has 1 aromatic heterocycles. The van der Waals surface area contributed by atoms with Crippen molar-refractivity contribution in [1.82, 2.24) is 10.2 Å². The predicted octanol–water partition coefficient (Wildman–Crippen LogP) is 3.22. The highest BCUT2D eigenvalue weighted by Crippen LogP contribution is 2.12. The standard InChI is InChI=1S/C19H23FN2O3/c1-14(2)11-21-18(23)7-9-22(19(24)16-8-10-25-13-16)12-15-3-5-17(20)6-4-15/h3-6,8,10,13-14H,7,9,11-12H2,1-2H3,(H,21,23). The largest absolute Gasteiger partial charge is 0.472 e. The van der Waals surface area contributed by atoms with Crippen molar-refractivity contribution < 1.29 is 18.4 Å². The average Bonchev–Trinajstić information content (AvgIpc) is 3.12. The van der Waals surface area contributed by atoms with Gasteiger partial charge in [-0.2, -0.15) is 0 Å². The van der Waals surface area contributed by atoms with Crippen LogP contribution in [-0.4, -0.2) is 29.8 Å². The van der Waals surface area contributed by atoms with E-state index in [-0.39, 0.29) is 30.6 Å². The van der Waals surface area contributed by atoms with E-state index in [1.54, 1.807) is 23.1 Å². The normalized spacial score (nSPS) is 10.7. The Labute approximate surface area is 146 Å². The summed E-state index contributed by atoms with van der Waals surface area (Å²) in [5.41, 5.74) is 1.21. The highest BCUT2D eigenvalue weighted by Gasteiger charge is 2.18. The quantitative estimate of drug-likeness (QED) is 0.798. The van der Waals surface area contributed by atoms with Gasteiger partial charge in [-0.1, -0.05) is 26.0 Å². The maximum atomic E-state index is 13.1. The molecule has 0 spiro atoms. The van der Waals surface area contributed by atoms with E-state index in [0.717, 1.165) is 5.56 Å². The Hall–Kier alpha value is -2.63. The Balaban J connectivity index is 2.02. The third kappa shape index (κ3) is 6.06. The van der Waals surface area contributed by atoms with E-state index in [9.17, 15) is 14.0 Å². The lowest BCUT2D eigenvalue weighted by Crippen LogP contribution is -2.35. The number of rotatable bonds is 8. The molecule has 0 radical (unpaired) electrons. The molecule has 6 heteroatoms. The smallest absolute Gasteiger partial charge is 0.257 e. The Morgan fingerprint density at radius 1 is 1.20 bits per heavy atom. The fraction of sp³-hybridized carbons (Fsp3) is 0.368. The van der Waals surface area contributed by atoms with Crippen molar-refractivity contribution in [2.75, 3.05) is 13.1 Å². The second-order valence-electron chi connectivity index (χ2n) is 6.31. The van der Waals surface area contributed by atoms with E-state index in [1.165, 1.54) is 24.7 Å². The third-order valence-corrected chi connectivity index (χ3v) is 3.66. The van der Waals surface area contributed by atoms with E-state index in [1.807, 2.05) is 13.8 Å². The molecule has 0 unspecified atom stereocenters. The number of nitrogens with zero attached hydrogens (tertiary/aromatic N) is 1.